The molecule has 0 amide bonds. The Morgan fingerprint density at radius 3 is 1.94 bits per heavy atom. The standard InChI is InChI=1S/C10H17F3N2.2ClH/c11-10(12,13)9(8-2-1-3-8)15-6-4-14-5-7-15;;/h8-9,14H,1-7H2;2*1H/t9-;;/m1../s1. The maximum Gasteiger partial charge on any atom is 0.404 e. The number of nitrogens with zero attached hydrogens (tertiary/aromatic N) is 1. The summed E-state index contributed by atoms with van der Waals surface area (Å²) in [6.07, 6.45) is -1.60. The Morgan fingerprint density at radius 2 is 1.59 bits per heavy atom. The molecule has 2 aliphatic rings. The summed E-state index contributed by atoms with van der Waals surface area (Å²) in [5.74, 6) is -0.150. The van der Waals surface area contributed by atoms with Crippen molar-refractivity contribution in [2.45, 2.75) is 31.5 Å². The van der Waals surface area contributed by atoms with Crippen LogP contribution in [0.5, 0.6) is 0 Å². The maximum absolute atomic E-state index is 12.9. The summed E-state index contributed by atoms with van der Waals surface area (Å²) in [6, 6.07) is -1.19. The second-order valence-corrected chi connectivity index (χ2v) is 4.46. The van der Waals surface area contributed by atoms with Crippen molar-refractivity contribution in [3.8, 4) is 0 Å². The highest BCUT2D eigenvalue weighted by molar-refractivity contribution is 5.85. The Hall–Kier alpha value is 0.290. The van der Waals surface area contributed by atoms with Gasteiger partial charge in [0.2, 0.25) is 0 Å². The van der Waals surface area contributed by atoms with Crippen LogP contribution < -0.4 is 5.32 Å². The number of piperazine rings is 1. The number of hydrogen-bond acceptors (Lipinski definition) is 2. The molecule has 1 saturated carbocycles. The minimum absolute atomic E-state index is 0. The summed E-state index contributed by atoms with van der Waals surface area (Å²) >= 11 is 0. The van der Waals surface area contributed by atoms with Crippen LogP contribution in [0.1, 0.15) is 19.3 Å². The van der Waals surface area contributed by atoms with Crippen molar-refractivity contribution >= 4 is 24.8 Å². The van der Waals surface area contributed by atoms with Crippen molar-refractivity contribution in [1.82, 2.24) is 10.2 Å². The molecule has 0 aromatic carbocycles. The molecule has 1 N–H and O–H groups in total. The smallest absolute Gasteiger partial charge is 0.314 e. The van der Waals surface area contributed by atoms with Gasteiger partial charge in [0.25, 0.3) is 0 Å². The summed E-state index contributed by atoms with van der Waals surface area (Å²) in [4.78, 5) is 1.61. The lowest BCUT2D eigenvalue weighted by Gasteiger charge is -2.43. The van der Waals surface area contributed by atoms with Crippen LogP contribution in [0.4, 0.5) is 13.2 Å². The summed E-state index contributed by atoms with van der Waals surface area (Å²) in [5, 5.41) is 3.09. The second kappa shape index (κ2) is 7.02. The molecule has 17 heavy (non-hydrogen) atoms. The molecule has 1 aliphatic heterocycles. The third kappa shape index (κ3) is 4.16. The third-order valence-electron chi connectivity index (χ3n) is 3.48. The molecule has 1 aliphatic carbocycles. The quantitative estimate of drug-likeness (QED) is 0.842. The molecule has 0 aromatic rings. The van der Waals surface area contributed by atoms with Gasteiger partial charge in [-0.1, -0.05) is 6.42 Å². The van der Waals surface area contributed by atoms with E-state index in [9.17, 15) is 13.2 Å². The van der Waals surface area contributed by atoms with E-state index in [2.05, 4.69) is 5.32 Å². The van der Waals surface area contributed by atoms with Gasteiger partial charge >= 0.3 is 6.18 Å². The van der Waals surface area contributed by atoms with Crippen LogP contribution in [0.15, 0.2) is 0 Å². The van der Waals surface area contributed by atoms with Gasteiger partial charge in [-0.25, -0.2) is 0 Å². The predicted octanol–water partition coefficient (Wildman–Crippen LogP) is 2.47. The molecule has 1 heterocycles. The van der Waals surface area contributed by atoms with Gasteiger partial charge in [0.1, 0.15) is 6.04 Å². The van der Waals surface area contributed by atoms with E-state index in [4.69, 9.17) is 0 Å². The largest absolute Gasteiger partial charge is 0.404 e. The van der Waals surface area contributed by atoms with E-state index in [1.54, 1.807) is 4.90 Å². The number of halogens is 5. The fraction of sp³-hybridized carbons (Fsp3) is 1.00. The number of rotatable bonds is 2. The van der Waals surface area contributed by atoms with E-state index in [-0.39, 0.29) is 30.7 Å². The molecule has 104 valence electrons. The summed E-state index contributed by atoms with van der Waals surface area (Å²) in [7, 11) is 0. The monoisotopic (exact) mass is 294 g/mol. The van der Waals surface area contributed by atoms with E-state index in [0.29, 0.717) is 26.2 Å². The lowest BCUT2D eigenvalue weighted by molar-refractivity contribution is -0.206. The van der Waals surface area contributed by atoms with Gasteiger partial charge in [0, 0.05) is 26.2 Å². The van der Waals surface area contributed by atoms with Gasteiger partial charge in [-0.3, -0.25) is 4.90 Å². The SMILES string of the molecule is Cl.Cl.FC(F)(F)[C@@H](C1CCC1)N1CCNCC1. The van der Waals surface area contributed by atoms with Crippen LogP contribution in [0.2, 0.25) is 0 Å². The van der Waals surface area contributed by atoms with Crippen LogP contribution in [0, 0.1) is 5.92 Å². The Kier molecular flexibility index (Phi) is 7.14. The lowest BCUT2D eigenvalue weighted by atomic mass is 9.78. The summed E-state index contributed by atoms with van der Waals surface area (Å²) < 4.78 is 38.7. The Labute approximate surface area is 112 Å². The fourth-order valence-electron chi connectivity index (χ4n) is 2.49. The first-order valence-electron chi connectivity index (χ1n) is 5.60. The third-order valence-corrected chi connectivity index (χ3v) is 3.48. The van der Waals surface area contributed by atoms with E-state index < -0.39 is 12.2 Å². The van der Waals surface area contributed by atoms with Crippen molar-refractivity contribution in [3.63, 3.8) is 0 Å². The second-order valence-electron chi connectivity index (χ2n) is 4.46. The average molecular weight is 295 g/mol. The molecule has 1 atom stereocenters. The molecule has 2 fully saturated rings. The molecule has 7 heteroatoms. The fourth-order valence-corrected chi connectivity index (χ4v) is 2.49. The van der Waals surface area contributed by atoms with Crippen molar-refractivity contribution in [1.29, 1.82) is 0 Å². The summed E-state index contributed by atoms with van der Waals surface area (Å²) in [6.45, 7) is 2.42. The topological polar surface area (TPSA) is 15.3 Å². The average Bonchev–Trinajstić information content (AvgIpc) is 2.10. The zero-order chi connectivity index (χ0) is 10.9. The van der Waals surface area contributed by atoms with E-state index in [1.165, 1.54) is 0 Å². The molecule has 2 rings (SSSR count). The van der Waals surface area contributed by atoms with Crippen molar-refractivity contribution in [3.05, 3.63) is 0 Å². The number of hydrogen-bond donors (Lipinski definition) is 1. The first-order valence-corrected chi connectivity index (χ1v) is 5.60. The van der Waals surface area contributed by atoms with Gasteiger partial charge in [0.05, 0.1) is 0 Å². The van der Waals surface area contributed by atoms with Crippen LogP contribution in [-0.4, -0.2) is 43.3 Å². The van der Waals surface area contributed by atoms with Gasteiger partial charge in [0.15, 0.2) is 0 Å². The highest BCUT2D eigenvalue weighted by Crippen LogP contribution is 2.40. The molecule has 0 bridgehead atoms. The lowest BCUT2D eigenvalue weighted by Crippen LogP contribution is -2.57. The van der Waals surface area contributed by atoms with Gasteiger partial charge in [-0.2, -0.15) is 13.2 Å². The minimum atomic E-state index is -4.05. The molecule has 0 unspecified atom stereocenters. The van der Waals surface area contributed by atoms with Gasteiger partial charge in [-0.05, 0) is 18.8 Å². The van der Waals surface area contributed by atoms with Crippen molar-refractivity contribution < 1.29 is 13.2 Å². The van der Waals surface area contributed by atoms with Crippen LogP contribution in [-0.2, 0) is 0 Å². The van der Waals surface area contributed by atoms with Crippen LogP contribution in [0.3, 0.4) is 0 Å². The first kappa shape index (κ1) is 17.3. The van der Waals surface area contributed by atoms with Gasteiger partial charge < -0.3 is 5.32 Å². The summed E-state index contributed by atoms with van der Waals surface area (Å²) in [5.41, 5.74) is 0. The van der Waals surface area contributed by atoms with E-state index >= 15 is 0 Å². The number of alkyl halides is 3. The number of nitrogens with one attached hydrogen (secondary N) is 1. The van der Waals surface area contributed by atoms with Gasteiger partial charge in [-0.15, -0.1) is 24.8 Å². The maximum atomic E-state index is 12.9. The molecule has 1 saturated heterocycles. The van der Waals surface area contributed by atoms with E-state index in [0.717, 1.165) is 19.3 Å². The molecule has 0 radical (unpaired) electrons. The minimum Gasteiger partial charge on any atom is -0.314 e. The Morgan fingerprint density at radius 1 is 1.06 bits per heavy atom. The normalized spacial score (nSPS) is 24.2. The first-order chi connectivity index (χ1) is 7.09. The van der Waals surface area contributed by atoms with Crippen molar-refractivity contribution in [2.75, 3.05) is 26.2 Å². The molecule has 0 spiro atoms. The Bertz CT molecular complexity index is 216. The predicted molar refractivity (Wildman–Crippen MR) is 66.1 cm³/mol. The molecular weight excluding hydrogens is 276 g/mol. The highest BCUT2D eigenvalue weighted by Gasteiger charge is 2.49. The molecule has 2 nitrogen and oxygen atoms in total. The van der Waals surface area contributed by atoms with Crippen LogP contribution >= 0.6 is 24.8 Å². The van der Waals surface area contributed by atoms with Crippen LogP contribution in [0.25, 0.3) is 0 Å². The molecule has 0 aromatic heterocycles. The zero-order valence-corrected chi connectivity index (χ0v) is 11.1. The molecular formula is C10H19Cl2F3N2. The van der Waals surface area contributed by atoms with Crippen molar-refractivity contribution in [2.24, 2.45) is 5.92 Å². The zero-order valence-electron chi connectivity index (χ0n) is 9.50. The Balaban J connectivity index is 0.00000128. The van der Waals surface area contributed by atoms with E-state index in [1.807, 2.05) is 0 Å². The highest BCUT2D eigenvalue weighted by atomic mass is 35.5.